The van der Waals surface area contributed by atoms with Gasteiger partial charge >= 0.3 is 0 Å². The van der Waals surface area contributed by atoms with Crippen LogP contribution in [0.25, 0.3) is 200 Å². The van der Waals surface area contributed by atoms with E-state index in [0.29, 0.717) is 0 Å². The molecule has 0 saturated heterocycles. The molecule has 12 nitrogen and oxygen atoms in total. The zero-order valence-corrected chi connectivity index (χ0v) is 64.0. The lowest BCUT2D eigenvalue weighted by Gasteiger charge is -2.16. The summed E-state index contributed by atoms with van der Waals surface area (Å²) in [6, 6.07) is 108. The van der Waals surface area contributed by atoms with Crippen molar-refractivity contribution >= 4 is 87.7 Å². The zero-order chi connectivity index (χ0) is 77.5. The largest absolute Gasteiger partial charge is 0.308 e. The maximum absolute atomic E-state index is 4.93. The molecule has 12 aromatic heterocycles. The Hall–Kier alpha value is -15.4. The van der Waals surface area contributed by atoms with E-state index in [4.69, 9.17) is 19.9 Å². The molecule has 0 aliphatic carbocycles. The van der Waals surface area contributed by atoms with Crippen molar-refractivity contribution in [3.8, 4) is 112 Å². The summed E-state index contributed by atoms with van der Waals surface area (Å²) in [4.78, 5) is 37.3. The van der Waals surface area contributed by atoms with E-state index < -0.39 is 0 Å². The number of hydrogen-bond acceptors (Lipinski definition) is 8. The minimum absolute atomic E-state index is 0.956. The van der Waals surface area contributed by atoms with Gasteiger partial charge in [-0.25, -0.2) is 0 Å². The Morgan fingerprint density at radius 2 is 0.457 bits per heavy atom. The molecule has 0 aliphatic rings. The minimum Gasteiger partial charge on any atom is -0.308 e. The molecule has 116 heavy (non-hydrogen) atoms. The van der Waals surface area contributed by atoms with Gasteiger partial charge in [0.1, 0.15) is 0 Å². The number of aryl methyl sites for hydroxylation is 4. The van der Waals surface area contributed by atoms with Crippen LogP contribution in [0.2, 0.25) is 0 Å². The monoisotopic (exact) mass is 1490 g/mol. The summed E-state index contributed by atoms with van der Waals surface area (Å²) in [6.45, 7) is 8.85. The Balaban J connectivity index is 0.000000148. The highest BCUT2D eigenvalue weighted by atomic mass is 15.0. The van der Waals surface area contributed by atoms with Crippen molar-refractivity contribution in [1.29, 1.82) is 0 Å². The molecule has 0 spiro atoms. The van der Waals surface area contributed by atoms with Gasteiger partial charge in [0.2, 0.25) is 0 Å². The molecule has 0 radical (unpaired) electrons. The fourth-order valence-electron chi connectivity index (χ4n) is 17.6. The first-order valence-corrected chi connectivity index (χ1v) is 39.1. The number of nitrogens with zero attached hydrogens (tertiary/aromatic N) is 12. The van der Waals surface area contributed by atoms with Crippen molar-refractivity contribution in [2.45, 2.75) is 27.7 Å². The fraction of sp³-hybridized carbons (Fsp3) is 0.0385. The predicted molar refractivity (Wildman–Crippen MR) is 475 cm³/mol. The molecule has 0 amide bonds. The van der Waals surface area contributed by atoms with Crippen LogP contribution >= 0.6 is 0 Å². The van der Waals surface area contributed by atoms with E-state index in [2.05, 4.69) is 296 Å². The highest BCUT2D eigenvalue weighted by Crippen LogP contribution is 2.44. The number of benzene rings is 10. The van der Waals surface area contributed by atoms with E-state index in [9.17, 15) is 0 Å². The van der Waals surface area contributed by atoms with Gasteiger partial charge in [-0.2, -0.15) is 0 Å². The third-order valence-corrected chi connectivity index (χ3v) is 22.9. The second kappa shape index (κ2) is 28.4. The molecular weight excluding hydrogens is 1420 g/mol. The van der Waals surface area contributed by atoms with Crippen LogP contribution in [0.15, 0.2) is 365 Å². The molecule has 0 bridgehead atoms. The van der Waals surface area contributed by atoms with Crippen LogP contribution in [-0.4, -0.2) is 58.1 Å². The Kier molecular flexibility index (Phi) is 16.8. The predicted octanol–water partition coefficient (Wildman–Crippen LogP) is 25.5. The lowest BCUT2D eigenvalue weighted by molar-refractivity contribution is 1.16. The first-order chi connectivity index (χ1) is 57.2. The third-order valence-electron chi connectivity index (χ3n) is 22.9. The molecule has 10 aromatic carbocycles. The Bertz CT molecular complexity index is 7180. The normalized spacial score (nSPS) is 11.6. The van der Waals surface area contributed by atoms with Gasteiger partial charge in [-0.15, -0.1) is 0 Å². The minimum atomic E-state index is 0.956. The third kappa shape index (κ3) is 11.8. The summed E-state index contributed by atoms with van der Waals surface area (Å²) in [7, 11) is 0. The van der Waals surface area contributed by atoms with Crippen molar-refractivity contribution in [2.24, 2.45) is 0 Å². The second-order valence-electron chi connectivity index (χ2n) is 29.7. The Labute approximate surface area is 669 Å². The number of fused-ring (bicyclic) bond motifs is 12. The Morgan fingerprint density at radius 3 is 0.750 bits per heavy atom. The van der Waals surface area contributed by atoms with E-state index in [1.54, 1.807) is 0 Å². The average Bonchev–Trinajstić information content (AvgIpc) is 1.60. The van der Waals surface area contributed by atoms with Gasteiger partial charge in [0.15, 0.2) is 0 Å². The van der Waals surface area contributed by atoms with Crippen molar-refractivity contribution in [2.75, 3.05) is 0 Å². The summed E-state index contributed by atoms with van der Waals surface area (Å²) in [5.74, 6) is 0. The number of rotatable bonds is 12. The highest BCUT2D eigenvalue weighted by Gasteiger charge is 2.23. The molecule has 548 valence electrons. The van der Waals surface area contributed by atoms with Gasteiger partial charge < -0.3 is 18.3 Å². The molecule has 0 unspecified atom stereocenters. The van der Waals surface area contributed by atoms with E-state index in [1.807, 2.05) is 135 Å². The van der Waals surface area contributed by atoms with Crippen molar-refractivity contribution in [1.82, 2.24) is 58.1 Å². The van der Waals surface area contributed by atoms with Crippen molar-refractivity contribution in [3.05, 3.63) is 388 Å². The lowest BCUT2D eigenvalue weighted by atomic mass is 9.95. The quantitative estimate of drug-likeness (QED) is 0.119. The van der Waals surface area contributed by atoms with E-state index >= 15 is 0 Å². The summed E-state index contributed by atoms with van der Waals surface area (Å²) in [5, 5.41) is 4.49. The average molecular weight is 1490 g/mol. The van der Waals surface area contributed by atoms with Gasteiger partial charge in [-0.05, 0) is 311 Å². The molecule has 0 saturated carbocycles. The van der Waals surface area contributed by atoms with Crippen molar-refractivity contribution in [3.63, 3.8) is 0 Å². The second-order valence-corrected chi connectivity index (χ2v) is 29.7. The van der Waals surface area contributed by atoms with E-state index in [0.717, 1.165) is 178 Å². The van der Waals surface area contributed by atoms with Crippen LogP contribution < -0.4 is 0 Å². The molecule has 0 atom stereocenters. The molecule has 22 aromatic rings. The van der Waals surface area contributed by atoms with Crippen LogP contribution in [0.4, 0.5) is 0 Å². The molecular formula is C104H72N12. The maximum atomic E-state index is 4.93. The van der Waals surface area contributed by atoms with Gasteiger partial charge in [0, 0.05) is 117 Å². The van der Waals surface area contributed by atoms with Gasteiger partial charge in [-0.1, -0.05) is 109 Å². The number of aromatic nitrogens is 12. The molecule has 0 N–H and O–H groups in total. The summed E-state index contributed by atoms with van der Waals surface area (Å²) in [5.41, 5.74) is 40.1. The summed E-state index contributed by atoms with van der Waals surface area (Å²) < 4.78 is 9.35. The Morgan fingerprint density at radius 1 is 0.181 bits per heavy atom. The van der Waals surface area contributed by atoms with Crippen molar-refractivity contribution < 1.29 is 0 Å². The first-order valence-electron chi connectivity index (χ1n) is 39.1. The summed E-state index contributed by atoms with van der Waals surface area (Å²) in [6.07, 6.45) is 18.6. The molecule has 22 rings (SSSR count). The highest BCUT2D eigenvalue weighted by molar-refractivity contribution is 6.12. The fourth-order valence-corrected chi connectivity index (χ4v) is 17.6. The number of hydrogen-bond donors (Lipinski definition) is 0. The molecule has 0 fully saturated rings. The SMILES string of the molecule is Cc1cc(-n2c3ccc(-c4ccccc4-c4ccccn4)cc3c3ncccc32)ccc1-c1ccc(-n2c3ccc(-c4ccccc4-c4ccccn4)cc3c3ncccc32)cc1C.Cc1cc(-n2c3ccc(-c4ccncc4)cc3c3ncccc32)ccc1-c1ccc(-n2c3ccc(-c4ccncc4)cc3c3ncccc32)cc1C. The zero-order valence-electron chi connectivity index (χ0n) is 64.0. The lowest BCUT2D eigenvalue weighted by Crippen LogP contribution is -1.98. The maximum Gasteiger partial charge on any atom is 0.0963 e. The topological polar surface area (TPSA) is 123 Å². The first kappa shape index (κ1) is 68.6. The van der Waals surface area contributed by atoms with Gasteiger partial charge in [0.05, 0.1) is 77.6 Å². The van der Waals surface area contributed by atoms with E-state index in [-0.39, 0.29) is 0 Å². The van der Waals surface area contributed by atoms with Crippen LogP contribution in [0, 0.1) is 27.7 Å². The standard InChI is InChI=1S/C58H40N6.C46H32N6/c1-37-33-41(63-53-27-21-39(35-49(53)57-55(63)19-11-31-61-57)45-13-3-5-15-47(45)51-17-7-9-29-59-51)23-25-43(37)44-26-24-42(34-38(44)2)64-54-28-22-40(36-50(54)58-56(64)20-12-32-62-58)46-14-4-6-16-48(46)52-18-8-10-30-60-52;1-29-25-35(51-41-13-7-33(31-15-21-47-22-16-31)27-39(41)45-43(51)5-3-19-49-45)9-11-37(29)38-12-10-36(26-30(38)2)52-42-14-8-34(32-17-23-48-24-18-32)28-40(42)46-44(52)6-4-20-50-46/h3-36H,1-2H3;3-28H,1-2H3. The molecule has 0 aliphatic heterocycles. The van der Waals surface area contributed by atoms with E-state index in [1.165, 1.54) is 44.5 Å². The molecule has 12 heterocycles. The van der Waals surface area contributed by atoms with Crippen LogP contribution in [0.5, 0.6) is 0 Å². The number of pyridine rings is 8. The van der Waals surface area contributed by atoms with Gasteiger partial charge in [0.25, 0.3) is 0 Å². The van der Waals surface area contributed by atoms with Gasteiger partial charge in [-0.3, -0.25) is 39.9 Å². The van der Waals surface area contributed by atoms with Crippen LogP contribution in [0.1, 0.15) is 22.3 Å². The molecule has 12 heteroatoms. The summed E-state index contributed by atoms with van der Waals surface area (Å²) >= 11 is 0. The smallest absolute Gasteiger partial charge is 0.0963 e. The van der Waals surface area contributed by atoms with Crippen LogP contribution in [-0.2, 0) is 0 Å². The van der Waals surface area contributed by atoms with Crippen LogP contribution in [0.3, 0.4) is 0 Å².